The molecule has 0 atom stereocenters. The summed E-state index contributed by atoms with van der Waals surface area (Å²) < 4.78 is 2.56. The molecular formula is C13H11BrClN3. The number of hydrogen-bond acceptors (Lipinski definition) is 2. The molecule has 0 saturated heterocycles. The van der Waals surface area contributed by atoms with Crippen LogP contribution in [0.1, 0.15) is 17.0 Å². The molecule has 0 bridgehead atoms. The smallest absolute Gasteiger partial charge is 0.131 e. The number of pyridine rings is 1. The molecule has 0 aliphatic heterocycles. The lowest BCUT2D eigenvalue weighted by Gasteiger charge is -2.05. The lowest BCUT2D eigenvalue weighted by molar-refractivity contribution is 0.759. The largest absolute Gasteiger partial charge is 0.258 e. The van der Waals surface area contributed by atoms with Gasteiger partial charge in [-0.25, -0.2) is 4.98 Å². The van der Waals surface area contributed by atoms with Crippen molar-refractivity contribution < 1.29 is 0 Å². The summed E-state index contributed by atoms with van der Waals surface area (Å²) in [5.41, 5.74) is 3.84. The van der Waals surface area contributed by atoms with E-state index in [1.807, 2.05) is 19.9 Å². The predicted octanol–water partition coefficient (Wildman–Crippen LogP) is 3.50. The summed E-state index contributed by atoms with van der Waals surface area (Å²) in [5.74, 6) is 2.53. The Balaban J connectivity index is 2.71. The lowest BCUT2D eigenvalue weighted by Crippen LogP contribution is -1.96. The van der Waals surface area contributed by atoms with Crippen LogP contribution in [0.15, 0.2) is 10.5 Å². The molecule has 0 aliphatic carbocycles. The molecule has 0 aliphatic rings. The van der Waals surface area contributed by atoms with E-state index >= 15 is 0 Å². The average molecular weight is 325 g/mol. The van der Waals surface area contributed by atoms with E-state index in [1.165, 1.54) is 0 Å². The van der Waals surface area contributed by atoms with Crippen LogP contribution in [0.3, 0.4) is 0 Å². The summed E-state index contributed by atoms with van der Waals surface area (Å²) in [4.78, 5) is 4.52. The molecule has 0 unspecified atom stereocenters. The van der Waals surface area contributed by atoms with Gasteiger partial charge in [-0.2, -0.15) is 5.10 Å². The van der Waals surface area contributed by atoms with Gasteiger partial charge in [-0.3, -0.25) is 4.68 Å². The molecule has 0 N–H and O–H groups in total. The van der Waals surface area contributed by atoms with E-state index in [0.717, 1.165) is 21.4 Å². The molecule has 0 spiro atoms. The molecular weight excluding hydrogens is 314 g/mol. The first-order valence-electron chi connectivity index (χ1n) is 5.29. The molecule has 2 heterocycles. The minimum absolute atomic E-state index is 0.470. The van der Waals surface area contributed by atoms with Gasteiger partial charge in [0.2, 0.25) is 0 Å². The molecule has 2 aromatic heterocycles. The summed E-state index contributed by atoms with van der Waals surface area (Å²) in [6.45, 7) is 3.89. The first-order valence-corrected chi connectivity index (χ1v) is 6.46. The fourth-order valence-corrected chi connectivity index (χ4v) is 2.45. The van der Waals surface area contributed by atoms with Crippen molar-refractivity contribution in [3.05, 3.63) is 32.5 Å². The Kier molecular flexibility index (Phi) is 3.47. The Morgan fingerprint density at radius 2 is 2.06 bits per heavy atom. The molecule has 0 saturated carbocycles. The van der Waals surface area contributed by atoms with Crippen LogP contribution in [0.25, 0.3) is 11.4 Å². The fraction of sp³-hybridized carbons (Fsp3) is 0.231. The third-order valence-electron chi connectivity index (χ3n) is 2.69. The van der Waals surface area contributed by atoms with E-state index in [0.29, 0.717) is 16.4 Å². The Bertz CT molecular complexity index is 668. The second kappa shape index (κ2) is 4.75. The van der Waals surface area contributed by atoms with E-state index in [-0.39, 0.29) is 0 Å². The van der Waals surface area contributed by atoms with Crippen molar-refractivity contribution in [2.45, 2.75) is 13.8 Å². The van der Waals surface area contributed by atoms with Gasteiger partial charge in [-0.1, -0.05) is 11.6 Å². The highest BCUT2D eigenvalue weighted by molar-refractivity contribution is 9.10. The van der Waals surface area contributed by atoms with Crippen LogP contribution in [0.2, 0.25) is 5.02 Å². The molecule has 2 rings (SSSR count). The van der Waals surface area contributed by atoms with Crippen molar-refractivity contribution in [1.29, 1.82) is 0 Å². The van der Waals surface area contributed by atoms with Crippen molar-refractivity contribution >= 4 is 27.5 Å². The van der Waals surface area contributed by atoms with Gasteiger partial charge in [-0.15, -0.1) is 6.42 Å². The highest BCUT2D eigenvalue weighted by atomic mass is 79.9. The van der Waals surface area contributed by atoms with Gasteiger partial charge in [0, 0.05) is 11.5 Å². The zero-order chi connectivity index (χ0) is 13.4. The zero-order valence-corrected chi connectivity index (χ0v) is 12.6. The van der Waals surface area contributed by atoms with Gasteiger partial charge in [-0.05, 0) is 47.3 Å². The van der Waals surface area contributed by atoms with Gasteiger partial charge >= 0.3 is 0 Å². The number of nitrogens with zero attached hydrogens (tertiary/aromatic N) is 3. The van der Waals surface area contributed by atoms with Crippen LogP contribution in [0, 0.1) is 26.2 Å². The number of aryl methyl sites for hydroxylation is 3. The van der Waals surface area contributed by atoms with Crippen LogP contribution in [0.5, 0.6) is 0 Å². The fourth-order valence-electron chi connectivity index (χ4n) is 1.72. The normalized spacial score (nSPS) is 10.4. The molecule has 0 fully saturated rings. The Morgan fingerprint density at radius 1 is 1.39 bits per heavy atom. The maximum Gasteiger partial charge on any atom is 0.131 e. The van der Waals surface area contributed by atoms with Crippen LogP contribution >= 0.6 is 27.5 Å². The maximum absolute atomic E-state index is 6.25. The molecule has 2 aromatic rings. The van der Waals surface area contributed by atoms with Gasteiger partial charge in [0.25, 0.3) is 0 Å². The topological polar surface area (TPSA) is 30.7 Å². The zero-order valence-electron chi connectivity index (χ0n) is 10.3. The molecule has 0 aromatic carbocycles. The van der Waals surface area contributed by atoms with E-state index in [4.69, 9.17) is 18.0 Å². The Labute approximate surface area is 119 Å². The van der Waals surface area contributed by atoms with Crippen molar-refractivity contribution in [1.82, 2.24) is 14.8 Å². The number of hydrogen-bond donors (Lipinski definition) is 0. The Hall–Kier alpha value is -1.31. The van der Waals surface area contributed by atoms with Gasteiger partial charge < -0.3 is 0 Å². The summed E-state index contributed by atoms with van der Waals surface area (Å²) >= 11 is 9.70. The minimum atomic E-state index is 0.470. The summed E-state index contributed by atoms with van der Waals surface area (Å²) in [6.07, 6.45) is 5.41. The van der Waals surface area contributed by atoms with Gasteiger partial charge in [0.05, 0.1) is 11.4 Å². The SMILES string of the molecule is C#Cc1c(Cl)c(-c2nc(C)c(Br)cc2C)nn1C. The predicted molar refractivity (Wildman–Crippen MR) is 76.6 cm³/mol. The van der Waals surface area contributed by atoms with Crippen molar-refractivity contribution in [3.8, 4) is 23.7 Å². The first-order chi connectivity index (χ1) is 8.45. The third-order valence-corrected chi connectivity index (χ3v) is 3.85. The minimum Gasteiger partial charge on any atom is -0.258 e. The number of aromatic nitrogens is 3. The monoisotopic (exact) mass is 323 g/mol. The first kappa shape index (κ1) is 13.1. The molecule has 0 radical (unpaired) electrons. The van der Waals surface area contributed by atoms with Crippen LogP contribution in [-0.4, -0.2) is 14.8 Å². The maximum atomic E-state index is 6.25. The molecule has 5 heteroatoms. The van der Waals surface area contributed by atoms with Crippen molar-refractivity contribution in [2.75, 3.05) is 0 Å². The van der Waals surface area contributed by atoms with E-state index in [2.05, 4.69) is 31.9 Å². The molecule has 92 valence electrons. The third kappa shape index (κ3) is 2.05. The van der Waals surface area contributed by atoms with Crippen LogP contribution in [0.4, 0.5) is 0 Å². The van der Waals surface area contributed by atoms with E-state index in [9.17, 15) is 0 Å². The summed E-state index contributed by atoms with van der Waals surface area (Å²) in [7, 11) is 1.77. The highest BCUT2D eigenvalue weighted by Gasteiger charge is 2.18. The summed E-state index contributed by atoms with van der Waals surface area (Å²) in [5, 5.41) is 4.82. The number of rotatable bonds is 1. The molecule has 3 nitrogen and oxygen atoms in total. The Morgan fingerprint density at radius 3 is 2.61 bits per heavy atom. The van der Waals surface area contributed by atoms with E-state index in [1.54, 1.807) is 11.7 Å². The average Bonchev–Trinajstić information content (AvgIpc) is 2.59. The quantitative estimate of drug-likeness (QED) is 0.752. The summed E-state index contributed by atoms with van der Waals surface area (Å²) in [6, 6.07) is 2.00. The second-order valence-corrected chi connectivity index (χ2v) is 5.23. The van der Waals surface area contributed by atoms with Gasteiger partial charge in [0.15, 0.2) is 0 Å². The molecule has 0 amide bonds. The van der Waals surface area contributed by atoms with E-state index < -0.39 is 0 Å². The second-order valence-electron chi connectivity index (χ2n) is 4.00. The van der Waals surface area contributed by atoms with Crippen molar-refractivity contribution in [3.63, 3.8) is 0 Å². The molecule has 18 heavy (non-hydrogen) atoms. The number of terminal acetylenes is 1. The van der Waals surface area contributed by atoms with Crippen LogP contribution < -0.4 is 0 Å². The van der Waals surface area contributed by atoms with Crippen molar-refractivity contribution in [2.24, 2.45) is 7.05 Å². The lowest BCUT2D eigenvalue weighted by atomic mass is 10.1. The highest BCUT2D eigenvalue weighted by Crippen LogP contribution is 2.31. The van der Waals surface area contributed by atoms with Crippen LogP contribution in [-0.2, 0) is 7.05 Å². The number of halogens is 2. The van der Waals surface area contributed by atoms with Gasteiger partial charge in [0.1, 0.15) is 16.4 Å². The standard InChI is InChI=1S/C13H11BrClN3/c1-5-10-11(15)13(17-18(10)4)12-7(2)6-9(14)8(3)16-12/h1,6H,2-4H3.